The fourth-order valence-corrected chi connectivity index (χ4v) is 4.21. The van der Waals surface area contributed by atoms with Crippen LogP contribution in [0.5, 0.6) is 0 Å². The number of benzene rings is 1. The number of piperazine rings is 1. The Hall–Kier alpha value is -0.910. The van der Waals surface area contributed by atoms with E-state index in [0.717, 1.165) is 38.7 Å². The quantitative estimate of drug-likeness (QED) is 0.344. The van der Waals surface area contributed by atoms with Crippen molar-refractivity contribution < 1.29 is 8.42 Å². The summed E-state index contributed by atoms with van der Waals surface area (Å²) in [6.45, 7) is 8.88. The van der Waals surface area contributed by atoms with Crippen LogP contribution in [0.15, 0.2) is 35.3 Å². The van der Waals surface area contributed by atoms with Crippen molar-refractivity contribution in [2.45, 2.75) is 25.9 Å². The fourth-order valence-electron chi connectivity index (χ4n) is 3.13. The van der Waals surface area contributed by atoms with Gasteiger partial charge in [0, 0.05) is 51.9 Å². The molecule has 0 unspecified atom stereocenters. The summed E-state index contributed by atoms with van der Waals surface area (Å²) < 4.78 is 25.6. The molecule has 9 heteroatoms. The maximum absolute atomic E-state index is 11.5. The molecule has 0 aromatic heterocycles. The number of hydrogen-bond acceptors (Lipinski definition) is 4. The van der Waals surface area contributed by atoms with Crippen molar-refractivity contribution in [3.63, 3.8) is 0 Å². The van der Waals surface area contributed by atoms with Gasteiger partial charge in [-0.3, -0.25) is 9.89 Å². The van der Waals surface area contributed by atoms with Crippen molar-refractivity contribution in [1.82, 2.24) is 19.8 Å². The molecular formula is C18H32IN5O2S. The van der Waals surface area contributed by atoms with E-state index in [-0.39, 0.29) is 24.0 Å². The monoisotopic (exact) mass is 509 g/mol. The highest BCUT2D eigenvalue weighted by Crippen LogP contribution is 2.09. The van der Waals surface area contributed by atoms with E-state index in [1.54, 1.807) is 7.05 Å². The minimum atomic E-state index is -3.25. The average Bonchev–Trinajstić information content (AvgIpc) is 2.55. The Kier molecular flexibility index (Phi) is 9.46. The highest BCUT2D eigenvalue weighted by Gasteiger charge is 2.25. The lowest BCUT2D eigenvalue weighted by Crippen LogP contribution is -2.56. The molecule has 1 saturated heterocycles. The van der Waals surface area contributed by atoms with Gasteiger partial charge in [-0.2, -0.15) is 0 Å². The van der Waals surface area contributed by atoms with Gasteiger partial charge in [0.15, 0.2) is 5.96 Å². The fraction of sp³-hybridized carbons (Fsp3) is 0.611. The minimum Gasteiger partial charge on any atom is -0.354 e. The molecule has 1 aromatic rings. The molecule has 2 N–H and O–H groups in total. The lowest BCUT2D eigenvalue weighted by Gasteiger charge is -2.37. The Balaban J connectivity index is 0.00000364. The molecule has 0 amide bonds. The van der Waals surface area contributed by atoms with Crippen LogP contribution >= 0.6 is 24.0 Å². The number of hydrogen-bond donors (Lipinski definition) is 2. The van der Waals surface area contributed by atoms with E-state index in [9.17, 15) is 8.42 Å². The molecule has 0 saturated carbocycles. The Morgan fingerprint density at radius 3 is 2.26 bits per heavy atom. The molecule has 1 fully saturated rings. The van der Waals surface area contributed by atoms with E-state index in [0.29, 0.717) is 6.54 Å². The number of nitrogens with one attached hydrogen (secondary N) is 2. The van der Waals surface area contributed by atoms with Gasteiger partial charge in [0.2, 0.25) is 10.0 Å². The summed E-state index contributed by atoms with van der Waals surface area (Å²) in [5.74, 6) is 0.813. The predicted octanol–water partition coefficient (Wildman–Crippen LogP) is 1.33. The molecule has 7 nitrogen and oxygen atoms in total. The molecule has 0 bridgehead atoms. The molecule has 0 aliphatic carbocycles. The van der Waals surface area contributed by atoms with Crippen LogP contribution in [0.4, 0.5) is 0 Å². The van der Waals surface area contributed by atoms with Gasteiger partial charge >= 0.3 is 0 Å². The van der Waals surface area contributed by atoms with E-state index in [1.807, 2.05) is 19.9 Å². The first kappa shape index (κ1) is 24.1. The van der Waals surface area contributed by atoms with E-state index in [2.05, 4.69) is 49.1 Å². The van der Waals surface area contributed by atoms with Crippen LogP contribution in [0.25, 0.3) is 0 Å². The van der Waals surface area contributed by atoms with E-state index >= 15 is 0 Å². The molecule has 1 aliphatic heterocycles. The zero-order valence-corrected chi connectivity index (χ0v) is 19.8. The van der Waals surface area contributed by atoms with Crippen molar-refractivity contribution in [1.29, 1.82) is 0 Å². The van der Waals surface area contributed by atoms with Crippen LogP contribution in [0.2, 0.25) is 0 Å². The topological polar surface area (TPSA) is 77.0 Å². The summed E-state index contributed by atoms with van der Waals surface area (Å²) >= 11 is 0. The Morgan fingerprint density at radius 1 is 1.15 bits per heavy atom. The summed E-state index contributed by atoms with van der Waals surface area (Å²) in [7, 11) is -1.49. The zero-order valence-electron chi connectivity index (χ0n) is 16.6. The second kappa shape index (κ2) is 10.6. The van der Waals surface area contributed by atoms with Crippen LogP contribution in [0, 0.1) is 0 Å². The minimum absolute atomic E-state index is 0. The molecule has 2 rings (SSSR count). The van der Waals surface area contributed by atoms with Crippen molar-refractivity contribution in [2.24, 2.45) is 4.99 Å². The Bertz CT molecular complexity index is 702. The van der Waals surface area contributed by atoms with Gasteiger partial charge in [0.25, 0.3) is 0 Å². The SMILES string of the molecule is CN=C(NCC(C)(C)NS(C)(=O)=O)N1CCN(Cc2ccccc2)CC1.I. The van der Waals surface area contributed by atoms with Crippen molar-refractivity contribution in [3.8, 4) is 0 Å². The molecule has 0 spiro atoms. The number of sulfonamides is 1. The van der Waals surface area contributed by atoms with Crippen LogP contribution in [-0.4, -0.2) is 75.7 Å². The highest BCUT2D eigenvalue weighted by atomic mass is 127. The second-order valence-electron chi connectivity index (χ2n) is 7.41. The van der Waals surface area contributed by atoms with Crippen LogP contribution < -0.4 is 10.0 Å². The number of guanidine groups is 1. The number of rotatable bonds is 6. The maximum atomic E-state index is 11.5. The zero-order chi connectivity index (χ0) is 19.2. The molecule has 1 heterocycles. The standard InChI is InChI=1S/C18H31N5O2S.HI/c1-18(2,21-26(4,24)25)15-20-17(19-3)23-12-10-22(11-13-23)14-16-8-6-5-7-9-16;/h5-9,21H,10-15H2,1-4H3,(H,19,20);1H. The summed E-state index contributed by atoms with van der Waals surface area (Å²) in [5, 5.41) is 3.30. The smallest absolute Gasteiger partial charge is 0.209 e. The van der Waals surface area contributed by atoms with Gasteiger partial charge in [0.05, 0.1) is 6.26 Å². The van der Waals surface area contributed by atoms with Crippen molar-refractivity contribution in [3.05, 3.63) is 35.9 Å². The highest BCUT2D eigenvalue weighted by molar-refractivity contribution is 14.0. The maximum Gasteiger partial charge on any atom is 0.209 e. The summed E-state index contributed by atoms with van der Waals surface area (Å²) in [5.41, 5.74) is 0.746. The number of aliphatic imine (C=N–C) groups is 1. The normalized spacial score (nSPS) is 16.7. The summed E-state index contributed by atoms with van der Waals surface area (Å²) in [6.07, 6.45) is 1.18. The lowest BCUT2D eigenvalue weighted by molar-refractivity contribution is 0.172. The lowest BCUT2D eigenvalue weighted by atomic mass is 10.1. The first-order chi connectivity index (χ1) is 12.2. The van der Waals surface area contributed by atoms with Gasteiger partial charge in [-0.05, 0) is 19.4 Å². The number of halogens is 1. The van der Waals surface area contributed by atoms with Gasteiger partial charge < -0.3 is 10.2 Å². The number of nitrogens with zero attached hydrogens (tertiary/aromatic N) is 3. The first-order valence-corrected chi connectivity index (χ1v) is 10.8. The average molecular weight is 509 g/mol. The first-order valence-electron chi connectivity index (χ1n) is 8.89. The molecule has 0 radical (unpaired) electrons. The third-order valence-corrected chi connectivity index (χ3v) is 5.21. The van der Waals surface area contributed by atoms with Crippen molar-refractivity contribution in [2.75, 3.05) is 46.0 Å². The molecule has 1 aliphatic rings. The third-order valence-electron chi connectivity index (χ3n) is 4.28. The molecule has 1 aromatic carbocycles. The van der Waals surface area contributed by atoms with E-state index in [1.165, 1.54) is 11.8 Å². The van der Waals surface area contributed by atoms with E-state index in [4.69, 9.17) is 0 Å². The van der Waals surface area contributed by atoms with Gasteiger partial charge in [-0.25, -0.2) is 13.1 Å². The largest absolute Gasteiger partial charge is 0.354 e. The van der Waals surface area contributed by atoms with Gasteiger partial charge in [-0.15, -0.1) is 24.0 Å². The molecule has 27 heavy (non-hydrogen) atoms. The Labute approximate surface area is 180 Å². The van der Waals surface area contributed by atoms with E-state index < -0.39 is 15.6 Å². The second-order valence-corrected chi connectivity index (χ2v) is 9.16. The summed E-state index contributed by atoms with van der Waals surface area (Å²) in [6, 6.07) is 10.5. The molecule has 154 valence electrons. The predicted molar refractivity (Wildman–Crippen MR) is 122 cm³/mol. The Morgan fingerprint density at radius 2 is 1.74 bits per heavy atom. The summed E-state index contributed by atoms with van der Waals surface area (Å²) in [4.78, 5) is 9.02. The van der Waals surface area contributed by atoms with Gasteiger partial charge in [0.1, 0.15) is 0 Å². The van der Waals surface area contributed by atoms with Gasteiger partial charge in [-0.1, -0.05) is 30.3 Å². The molecule has 0 atom stereocenters. The van der Waals surface area contributed by atoms with Crippen LogP contribution in [0.1, 0.15) is 19.4 Å². The van der Waals surface area contributed by atoms with Crippen LogP contribution in [0.3, 0.4) is 0 Å². The van der Waals surface area contributed by atoms with Crippen LogP contribution in [-0.2, 0) is 16.6 Å². The third kappa shape index (κ3) is 8.75. The van der Waals surface area contributed by atoms with Crippen molar-refractivity contribution >= 4 is 40.0 Å². The molecular weight excluding hydrogens is 477 g/mol.